The Kier molecular flexibility index (Phi) is 8.15. The van der Waals surface area contributed by atoms with Crippen molar-refractivity contribution in [3.8, 4) is 0 Å². The molecule has 180 valence electrons. The SMILES string of the molecule is CC(C)(C)OC(=O)N1Cc2ccc(C(=O)O)nc2CC1CCCCO[Si](C)(C)C(C)(C)C. The molecule has 7 nitrogen and oxygen atoms in total. The van der Waals surface area contributed by atoms with Gasteiger partial charge in [0.05, 0.1) is 6.54 Å². The largest absolute Gasteiger partial charge is 0.477 e. The van der Waals surface area contributed by atoms with Gasteiger partial charge in [0.1, 0.15) is 11.3 Å². The van der Waals surface area contributed by atoms with Gasteiger partial charge in [0.2, 0.25) is 0 Å². The summed E-state index contributed by atoms with van der Waals surface area (Å²) in [6, 6.07) is 3.17. The fourth-order valence-electron chi connectivity index (χ4n) is 3.43. The average molecular weight is 465 g/mol. The second-order valence-electron chi connectivity index (χ2n) is 11.2. The number of carboxylic acid groups (broad SMARTS) is 1. The van der Waals surface area contributed by atoms with Crippen LogP contribution < -0.4 is 0 Å². The summed E-state index contributed by atoms with van der Waals surface area (Å²) in [6.07, 6.45) is 2.80. The molecule has 1 atom stereocenters. The molecule has 0 radical (unpaired) electrons. The maximum Gasteiger partial charge on any atom is 0.410 e. The van der Waals surface area contributed by atoms with Crippen molar-refractivity contribution in [3.05, 3.63) is 29.1 Å². The van der Waals surface area contributed by atoms with Crippen LogP contribution in [-0.2, 0) is 22.1 Å². The zero-order valence-electron chi connectivity index (χ0n) is 20.9. The van der Waals surface area contributed by atoms with E-state index in [4.69, 9.17) is 9.16 Å². The maximum atomic E-state index is 12.9. The van der Waals surface area contributed by atoms with Crippen molar-refractivity contribution in [2.75, 3.05) is 6.61 Å². The Hall–Kier alpha value is -1.93. The Labute approximate surface area is 193 Å². The van der Waals surface area contributed by atoms with Gasteiger partial charge in [-0.2, -0.15) is 0 Å². The lowest BCUT2D eigenvalue weighted by Crippen LogP contribution is -2.47. The minimum absolute atomic E-state index is 0.0380. The van der Waals surface area contributed by atoms with Gasteiger partial charge in [0, 0.05) is 24.8 Å². The normalized spacial score (nSPS) is 17.1. The number of carbonyl (C=O) groups excluding carboxylic acids is 1. The summed E-state index contributed by atoms with van der Waals surface area (Å²) in [5.41, 5.74) is 1.09. The van der Waals surface area contributed by atoms with Gasteiger partial charge in [-0.15, -0.1) is 0 Å². The summed E-state index contributed by atoms with van der Waals surface area (Å²) in [7, 11) is -1.77. The van der Waals surface area contributed by atoms with Crippen molar-refractivity contribution in [2.24, 2.45) is 0 Å². The standard InChI is InChI=1S/C24H40N2O5Si/c1-23(2,3)31-22(29)26-16-17-12-13-19(21(27)28)25-20(17)15-18(26)11-9-10-14-30-32(7,8)24(4,5)6/h12-13,18H,9-11,14-16H2,1-8H3,(H,27,28). The third-order valence-electron chi connectivity index (χ3n) is 6.33. The van der Waals surface area contributed by atoms with Crippen LogP contribution >= 0.6 is 0 Å². The van der Waals surface area contributed by atoms with E-state index < -0.39 is 19.9 Å². The fraction of sp³-hybridized carbons (Fsp3) is 0.708. The second-order valence-corrected chi connectivity index (χ2v) is 16.0. The van der Waals surface area contributed by atoms with Gasteiger partial charge >= 0.3 is 12.1 Å². The second kappa shape index (κ2) is 9.91. The Morgan fingerprint density at radius 3 is 2.38 bits per heavy atom. The third kappa shape index (κ3) is 7.03. The van der Waals surface area contributed by atoms with Crippen LogP contribution in [0.5, 0.6) is 0 Å². The number of aromatic nitrogens is 1. The Balaban J connectivity index is 2.07. The van der Waals surface area contributed by atoms with Gasteiger partial charge in [0.15, 0.2) is 8.32 Å². The summed E-state index contributed by atoms with van der Waals surface area (Å²) in [5, 5.41) is 9.47. The van der Waals surface area contributed by atoms with Crippen molar-refractivity contribution in [3.63, 3.8) is 0 Å². The molecule has 0 bridgehead atoms. The molecule has 1 N–H and O–H groups in total. The van der Waals surface area contributed by atoms with Gasteiger partial charge in [-0.1, -0.05) is 26.8 Å². The predicted molar refractivity (Wildman–Crippen MR) is 127 cm³/mol. The average Bonchev–Trinajstić information content (AvgIpc) is 2.64. The van der Waals surface area contributed by atoms with Crippen LogP contribution in [0.3, 0.4) is 0 Å². The first-order chi connectivity index (χ1) is 14.6. The van der Waals surface area contributed by atoms with Gasteiger partial charge < -0.3 is 19.2 Å². The lowest BCUT2D eigenvalue weighted by molar-refractivity contribution is 0.0104. The van der Waals surface area contributed by atoms with Crippen LogP contribution in [0, 0.1) is 0 Å². The van der Waals surface area contributed by atoms with Crippen molar-refractivity contribution >= 4 is 20.4 Å². The maximum absolute atomic E-state index is 12.9. The molecule has 0 aromatic carbocycles. The van der Waals surface area contributed by atoms with E-state index in [2.05, 4.69) is 38.8 Å². The summed E-state index contributed by atoms with van der Waals surface area (Å²) in [5.74, 6) is -1.04. The quantitative estimate of drug-likeness (QED) is 0.415. The zero-order valence-corrected chi connectivity index (χ0v) is 21.9. The number of hydrogen-bond donors (Lipinski definition) is 1. The number of carbonyl (C=O) groups is 2. The molecule has 2 rings (SSSR count). The number of nitrogens with zero attached hydrogens (tertiary/aromatic N) is 2. The van der Waals surface area contributed by atoms with Crippen LogP contribution in [0.2, 0.25) is 18.1 Å². The number of carboxylic acids is 1. The smallest absolute Gasteiger partial charge is 0.410 e. The number of unbranched alkanes of at least 4 members (excludes halogenated alkanes) is 1. The summed E-state index contributed by atoms with van der Waals surface area (Å²) in [6.45, 7) is 17.9. The lowest BCUT2D eigenvalue weighted by Gasteiger charge is -2.38. The van der Waals surface area contributed by atoms with Crippen LogP contribution in [0.25, 0.3) is 0 Å². The number of ether oxygens (including phenoxy) is 1. The molecular formula is C24H40N2O5Si. The Morgan fingerprint density at radius 2 is 1.81 bits per heavy atom. The molecule has 1 aliphatic rings. The molecule has 0 aliphatic carbocycles. The van der Waals surface area contributed by atoms with E-state index in [0.717, 1.165) is 30.5 Å². The van der Waals surface area contributed by atoms with E-state index >= 15 is 0 Å². The van der Waals surface area contributed by atoms with Crippen molar-refractivity contribution in [1.82, 2.24) is 9.88 Å². The minimum Gasteiger partial charge on any atom is -0.477 e. The zero-order chi connectivity index (χ0) is 24.3. The van der Waals surface area contributed by atoms with E-state index in [0.29, 0.717) is 19.6 Å². The van der Waals surface area contributed by atoms with Crippen LogP contribution in [0.1, 0.15) is 82.6 Å². The van der Waals surface area contributed by atoms with Gasteiger partial charge in [0.25, 0.3) is 0 Å². The topological polar surface area (TPSA) is 89.0 Å². The van der Waals surface area contributed by atoms with E-state index in [1.54, 1.807) is 11.0 Å². The first kappa shape index (κ1) is 26.3. The molecule has 2 heterocycles. The molecule has 8 heteroatoms. The van der Waals surface area contributed by atoms with E-state index in [-0.39, 0.29) is 22.9 Å². The third-order valence-corrected chi connectivity index (χ3v) is 10.9. The summed E-state index contributed by atoms with van der Waals surface area (Å²) < 4.78 is 11.9. The molecule has 1 aliphatic heterocycles. The Morgan fingerprint density at radius 1 is 1.16 bits per heavy atom. The molecular weight excluding hydrogens is 424 g/mol. The van der Waals surface area contributed by atoms with Crippen molar-refractivity contribution < 1.29 is 23.9 Å². The molecule has 1 amide bonds. The molecule has 0 saturated heterocycles. The number of pyridine rings is 1. The molecule has 0 spiro atoms. The van der Waals surface area contributed by atoms with E-state index in [1.165, 1.54) is 6.07 Å². The van der Waals surface area contributed by atoms with Crippen molar-refractivity contribution in [1.29, 1.82) is 0 Å². The van der Waals surface area contributed by atoms with Gasteiger partial charge in [-0.25, -0.2) is 14.6 Å². The highest BCUT2D eigenvalue weighted by Gasteiger charge is 2.37. The lowest BCUT2D eigenvalue weighted by atomic mass is 9.95. The van der Waals surface area contributed by atoms with Crippen LogP contribution in [0.15, 0.2) is 12.1 Å². The van der Waals surface area contributed by atoms with E-state index in [1.807, 2.05) is 20.8 Å². The highest BCUT2D eigenvalue weighted by atomic mass is 28.4. The fourth-order valence-corrected chi connectivity index (χ4v) is 4.52. The summed E-state index contributed by atoms with van der Waals surface area (Å²) in [4.78, 5) is 30.4. The number of hydrogen-bond acceptors (Lipinski definition) is 5. The predicted octanol–water partition coefficient (Wildman–Crippen LogP) is 5.63. The first-order valence-corrected chi connectivity index (χ1v) is 14.4. The monoisotopic (exact) mass is 464 g/mol. The highest BCUT2D eigenvalue weighted by molar-refractivity contribution is 6.74. The molecule has 0 fully saturated rings. The highest BCUT2D eigenvalue weighted by Crippen LogP contribution is 2.36. The van der Waals surface area contributed by atoms with Crippen LogP contribution in [0.4, 0.5) is 4.79 Å². The van der Waals surface area contributed by atoms with Crippen LogP contribution in [-0.4, -0.2) is 53.6 Å². The number of amides is 1. The van der Waals surface area contributed by atoms with E-state index in [9.17, 15) is 14.7 Å². The minimum atomic E-state index is -1.77. The summed E-state index contributed by atoms with van der Waals surface area (Å²) >= 11 is 0. The number of aromatic carboxylic acids is 1. The van der Waals surface area contributed by atoms with Gasteiger partial charge in [-0.3, -0.25) is 0 Å². The molecule has 1 unspecified atom stereocenters. The van der Waals surface area contributed by atoms with Crippen molar-refractivity contribution in [2.45, 2.75) is 104 Å². The molecule has 1 aromatic heterocycles. The number of rotatable bonds is 7. The Bertz CT molecular complexity index is 827. The number of fused-ring (bicyclic) bond motifs is 1. The first-order valence-electron chi connectivity index (χ1n) is 11.5. The molecule has 1 aromatic rings. The molecule has 0 saturated carbocycles. The molecule has 32 heavy (non-hydrogen) atoms. The van der Waals surface area contributed by atoms with Gasteiger partial charge in [-0.05, 0) is 69.8 Å².